The Morgan fingerprint density at radius 2 is 2.05 bits per heavy atom. The number of rotatable bonds is 7. The van der Waals surface area contributed by atoms with Crippen molar-refractivity contribution in [3.63, 3.8) is 0 Å². The van der Waals surface area contributed by atoms with Gasteiger partial charge in [-0.05, 0) is 32.0 Å². The largest absolute Gasteiger partial charge is 0.467 e. The van der Waals surface area contributed by atoms with Crippen molar-refractivity contribution in [1.82, 2.24) is 10.2 Å². The first-order chi connectivity index (χ1) is 9.62. The third-order valence-electron chi connectivity index (χ3n) is 3.88. The Morgan fingerprint density at radius 3 is 2.55 bits per heavy atom. The van der Waals surface area contributed by atoms with E-state index in [2.05, 4.69) is 17.1 Å². The Kier molecular flexibility index (Phi) is 4.78. The summed E-state index contributed by atoms with van der Waals surface area (Å²) in [5, 5.41) is 3.52. The van der Waals surface area contributed by atoms with Crippen LogP contribution in [0.5, 0.6) is 0 Å². The lowest BCUT2D eigenvalue weighted by Gasteiger charge is -2.36. The average Bonchev–Trinajstić information content (AvgIpc) is 3.30. The van der Waals surface area contributed by atoms with Gasteiger partial charge in [0.25, 0.3) is 0 Å². The van der Waals surface area contributed by atoms with Gasteiger partial charge in [-0.2, -0.15) is 0 Å². The molecule has 1 aliphatic rings. The minimum absolute atomic E-state index is 0.212. The number of likely N-dealkylation sites (N-methyl/N-ethyl adjacent to an activating group) is 1. The van der Waals surface area contributed by atoms with Gasteiger partial charge in [-0.25, -0.2) is 4.79 Å². The molecule has 1 aliphatic carbocycles. The van der Waals surface area contributed by atoms with Crippen LogP contribution in [0, 0.1) is 0 Å². The number of nitrogens with zero attached hydrogens (tertiary/aromatic N) is 1. The zero-order valence-electron chi connectivity index (χ0n) is 12.6. The van der Waals surface area contributed by atoms with Gasteiger partial charge >= 0.3 is 5.97 Å². The maximum Gasteiger partial charge on any atom is 0.332 e. The zero-order chi connectivity index (χ0) is 14.6. The van der Waals surface area contributed by atoms with E-state index < -0.39 is 5.54 Å². The van der Waals surface area contributed by atoms with Gasteiger partial charge in [0.15, 0.2) is 5.54 Å². The van der Waals surface area contributed by atoms with Gasteiger partial charge in [-0.3, -0.25) is 5.32 Å². The van der Waals surface area contributed by atoms with Gasteiger partial charge in [0.1, 0.15) is 0 Å². The fraction of sp³-hybridized carbons (Fsp3) is 0.562. The van der Waals surface area contributed by atoms with E-state index in [1.807, 2.05) is 37.4 Å². The molecule has 0 radical (unpaired) electrons. The average molecular weight is 276 g/mol. The molecule has 0 spiro atoms. The Hall–Kier alpha value is -1.39. The zero-order valence-corrected chi connectivity index (χ0v) is 12.6. The number of carbonyl (C=O) groups is 1. The maximum absolute atomic E-state index is 12.5. The molecular formula is C16H24N2O2. The van der Waals surface area contributed by atoms with Crippen molar-refractivity contribution in [1.29, 1.82) is 0 Å². The summed E-state index contributed by atoms with van der Waals surface area (Å²) in [5.74, 6) is -0.212. The first-order valence-corrected chi connectivity index (χ1v) is 7.22. The Balaban J connectivity index is 2.38. The van der Waals surface area contributed by atoms with Crippen LogP contribution in [0.15, 0.2) is 30.3 Å². The van der Waals surface area contributed by atoms with Crippen LogP contribution < -0.4 is 5.32 Å². The molecule has 0 aromatic heterocycles. The monoisotopic (exact) mass is 276 g/mol. The van der Waals surface area contributed by atoms with Gasteiger partial charge in [-0.15, -0.1) is 0 Å². The highest BCUT2D eigenvalue weighted by molar-refractivity contribution is 5.83. The van der Waals surface area contributed by atoms with Crippen LogP contribution in [0.4, 0.5) is 0 Å². The summed E-state index contributed by atoms with van der Waals surface area (Å²) in [5.41, 5.74) is 0.195. The standard InChI is InChI=1S/C16H24N2O2/c1-4-18(2)12-16(15(19)20-3,17-14-10-11-14)13-8-6-5-7-9-13/h5-9,14,17H,4,10-12H2,1-3H3. The van der Waals surface area contributed by atoms with E-state index in [1.54, 1.807) is 0 Å². The van der Waals surface area contributed by atoms with Crippen molar-refractivity contribution in [2.45, 2.75) is 31.3 Å². The fourth-order valence-electron chi connectivity index (χ4n) is 2.45. The van der Waals surface area contributed by atoms with E-state index in [4.69, 9.17) is 4.74 Å². The van der Waals surface area contributed by atoms with E-state index in [0.717, 1.165) is 24.9 Å². The van der Waals surface area contributed by atoms with Crippen LogP contribution in [0.3, 0.4) is 0 Å². The first-order valence-electron chi connectivity index (χ1n) is 7.22. The predicted molar refractivity (Wildman–Crippen MR) is 79.5 cm³/mol. The van der Waals surface area contributed by atoms with E-state index in [1.165, 1.54) is 7.11 Å². The molecule has 20 heavy (non-hydrogen) atoms. The van der Waals surface area contributed by atoms with E-state index >= 15 is 0 Å². The Bertz CT molecular complexity index is 445. The molecule has 1 N–H and O–H groups in total. The number of benzene rings is 1. The molecular weight excluding hydrogens is 252 g/mol. The number of ether oxygens (including phenoxy) is 1. The number of methoxy groups -OCH3 is 1. The molecule has 4 heteroatoms. The van der Waals surface area contributed by atoms with Crippen LogP contribution in [0.1, 0.15) is 25.3 Å². The third kappa shape index (κ3) is 3.19. The van der Waals surface area contributed by atoms with Crippen LogP contribution in [0.25, 0.3) is 0 Å². The van der Waals surface area contributed by atoms with Crippen molar-refractivity contribution >= 4 is 5.97 Å². The van der Waals surface area contributed by atoms with E-state index in [9.17, 15) is 4.79 Å². The molecule has 2 rings (SSSR count). The molecule has 0 aliphatic heterocycles. The maximum atomic E-state index is 12.5. The second kappa shape index (κ2) is 6.37. The van der Waals surface area contributed by atoms with Crippen molar-refractivity contribution in [2.24, 2.45) is 0 Å². The number of nitrogens with one attached hydrogen (secondary N) is 1. The fourth-order valence-corrected chi connectivity index (χ4v) is 2.45. The van der Waals surface area contributed by atoms with Gasteiger partial charge in [0, 0.05) is 12.6 Å². The number of esters is 1. The summed E-state index contributed by atoms with van der Waals surface area (Å²) in [7, 11) is 3.48. The molecule has 0 heterocycles. The van der Waals surface area contributed by atoms with Crippen molar-refractivity contribution in [3.05, 3.63) is 35.9 Å². The SMILES string of the molecule is CCN(C)CC(NC1CC1)(C(=O)OC)c1ccccc1. The molecule has 1 unspecified atom stereocenters. The number of carbonyl (C=O) groups excluding carboxylic acids is 1. The van der Waals surface area contributed by atoms with Crippen LogP contribution in [-0.4, -0.2) is 44.2 Å². The van der Waals surface area contributed by atoms with Gasteiger partial charge < -0.3 is 9.64 Å². The minimum atomic E-state index is -0.776. The van der Waals surface area contributed by atoms with Gasteiger partial charge in [0.2, 0.25) is 0 Å². The lowest BCUT2D eigenvalue weighted by atomic mass is 9.88. The van der Waals surface area contributed by atoms with Gasteiger partial charge in [-0.1, -0.05) is 37.3 Å². The highest BCUT2D eigenvalue weighted by atomic mass is 16.5. The summed E-state index contributed by atoms with van der Waals surface area (Å²) >= 11 is 0. The highest BCUT2D eigenvalue weighted by Crippen LogP contribution is 2.30. The smallest absolute Gasteiger partial charge is 0.332 e. The van der Waals surface area contributed by atoms with Crippen molar-refractivity contribution in [2.75, 3.05) is 27.2 Å². The molecule has 0 amide bonds. The predicted octanol–water partition coefficient (Wildman–Crippen LogP) is 1.76. The summed E-state index contributed by atoms with van der Waals surface area (Å²) in [6, 6.07) is 10.3. The Morgan fingerprint density at radius 1 is 1.40 bits per heavy atom. The molecule has 4 nitrogen and oxygen atoms in total. The second-order valence-electron chi connectivity index (χ2n) is 5.51. The second-order valence-corrected chi connectivity index (χ2v) is 5.51. The third-order valence-corrected chi connectivity index (χ3v) is 3.88. The summed E-state index contributed by atoms with van der Waals surface area (Å²) in [6.07, 6.45) is 2.25. The van der Waals surface area contributed by atoms with Crippen LogP contribution in [0.2, 0.25) is 0 Å². The normalized spacial score (nSPS) is 17.8. The lowest BCUT2D eigenvalue weighted by molar-refractivity contribution is -0.150. The molecule has 1 aromatic carbocycles. The lowest BCUT2D eigenvalue weighted by Crippen LogP contribution is -2.57. The van der Waals surface area contributed by atoms with Crippen LogP contribution in [-0.2, 0) is 15.1 Å². The number of hydrogen-bond acceptors (Lipinski definition) is 4. The number of hydrogen-bond donors (Lipinski definition) is 1. The molecule has 1 aromatic rings. The topological polar surface area (TPSA) is 41.6 Å². The summed E-state index contributed by atoms with van der Waals surface area (Å²) in [4.78, 5) is 14.7. The summed E-state index contributed by atoms with van der Waals surface area (Å²) < 4.78 is 5.12. The van der Waals surface area contributed by atoms with E-state index in [-0.39, 0.29) is 5.97 Å². The molecule has 110 valence electrons. The molecule has 1 fully saturated rings. The summed E-state index contributed by atoms with van der Waals surface area (Å²) in [6.45, 7) is 3.58. The first kappa shape index (κ1) is 15.0. The van der Waals surface area contributed by atoms with Crippen LogP contribution >= 0.6 is 0 Å². The van der Waals surface area contributed by atoms with Crippen molar-refractivity contribution < 1.29 is 9.53 Å². The van der Waals surface area contributed by atoms with Gasteiger partial charge in [0.05, 0.1) is 7.11 Å². The molecule has 0 saturated heterocycles. The highest BCUT2D eigenvalue weighted by Gasteiger charge is 2.45. The molecule has 1 saturated carbocycles. The molecule has 1 atom stereocenters. The quantitative estimate of drug-likeness (QED) is 0.771. The Labute approximate surface area is 121 Å². The van der Waals surface area contributed by atoms with Crippen molar-refractivity contribution in [3.8, 4) is 0 Å². The van der Waals surface area contributed by atoms with E-state index in [0.29, 0.717) is 12.6 Å². The molecule has 0 bridgehead atoms. The minimum Gasteiger partial charge on any atom is -0.467 e.